The molecule has 4 nitrogen and oxygen atoms in total. The van der Waals surface area contributed by atoms with Crippen molar-refractivity contribution in [1.82, 2.24) is 10.7 Å². The molecule has 0 heterocycles. The van der Waals surface area contributed by atoms with Crippen molar-refractivity contribution < 1.29 is 4.79 Å². The van der Waals surface area contributed by atoms with E-state index in [0.717, 1.165) is 5.56 Å². The van der Waals surface area contributed by atoms with Crippen molar-refractivity contribution in [2.75, 3.05) is 0 Å². The van der Waals surface area contributed by atoms with Crippen LogP contribution in [-0.2, 0) is 0 Å². The minimum Gasteiger partial charge on any atom is -0.335 e. The number of amides is 2. The highest BCUT2D eigenvalue weighted by Crippen LogP contribution is 1.92. The van der Waals surface area contributed by atoms with E-state index in [-0.39, 0.29) is 12.1 Å². The number of carbonyl (C=O) groups is 1. The summed E-state index contributed by atoms with van der Waals surface area (Å²) in [4.78, 5) is 11.1. The lowest BCUT2D eigenvalue weighted by atomic mass is 10.2. The highest BCUT2D eigenvalue weighted by Gasteiger charge is 1.98. The van der Waals surface area contributed by atoms with Crippen LogP contribution in [0.15, 0.2) is 35.4 Å². The lowest BCUT2D eigenvalue weighted by molar-refractivity contribution is 0.239. The van der Waals surface area contributed by atoms with Crippen LogP contribution < -0.4 is 10.7 Å². The van der Waals surface area contributed by atoms with Crippen molar-refractivity contribution in [1.29, 1.82) is 0 Å². The third-order valence-electron chi connectivity index (χ3n) is 1.60. The Morgan fingerprint density at radius 1 is 1.33 bits per heavy atom. The third-order valence-corrected chi connectivity index (χ3v) is 1.60. The molecule has 0 bridgehead atoms. The molecule has 0 spiro atoms. The maximum absolute atomic E-state index is 11.1. The Morgan fingerprint density at radius 2 is 2.00 bits per heavy atom. The molecule has 0 radical (unpaired) electrons. The minimum absolute atomic E-state index is 0.108. The molecule has 4 heteroatoms. The summed E-state index contributed by atoms with van der Waals surface area (Å²) < 4.78 is 0. The first-order valence-electron chi connectivity index (χ1n) is 4.83. The number of urea groups is 1. The topological polar surface area (TPSA) is 53.5 Å². The van der Waals surface area contributed by atoms with Crippen LogP contribution in [0.25, 0.3) is 0 Å². The first-order chi connectivity index (χ1) is 7.18. The maximum Gasteiger partial charge on any atom is 0.335 e. The average Bonchev–Trinajstić information content (AvgIpc) is 2.18. The Labute approximate surface area is 89.4 Å². The van der Waals surface area contributed by atoms with Gasteiger partial charge in [0.15, 0.2) is 0 Å². The van der Waals surface area contributed by atoms with Crippen molar-refractivity contribution >= 4 is 12.2 Å². The molecule has 0 fully saturated rings. The largest absolute Gasteiger partial charge is 0.335 e. The van der Waals surface area contributed by atoms with Gasteiger partial charge in [-0.2, -0.15) is 5.10 Å². The van der Waals surface area contributed by atoms with Crippen LogP contribution in [0.2, 0.25) is 0 Å². The van der Waals surface area contributed by atoms with Crippen molar-refractivity contribution in [3.05, 3.63) is 35.9 Å². The minimum atomic E-state index is -0.294. The normalized spacial score (nSPS) is 10.6. The summed E-state index contributed by atoms with van der Waals surface area (Å²) in [5, 5.41) is 6.47. The Bertz CT molecular complexity index is 333. The number of rotatable bonds is 3. The van der Waals surface area contributed by atoms with Gasteiger partial charge in [-0.25, -0.2) is 10.2 Å². The van der Waals surface area contributed by atoms with Crippen LogP contribution in [0.4, 0.5) is 4.79 Å². The predicted molar refractivity (Wildman–Crippen MR) is 60.8 cm³/mol. The number of hydrogen-bond acceptors (Lipinski definition) is 2. The second kappa shape index (κ2) is 5.80. The Kier molecular flexibility index (Phi) is 4.34. The molecule has 2 N–H and O–H groups in total. The van der Waals surface area contributed by atoms with Crippen LogP contribution in [-0.4, -0.2) is 18.3 Å². The predicted octanol–water partition coefficient (Wildman–Crippen LogP) is 1.73. The van der Waals surface area contributed by atoms with Gasteiger partial charge in [-0.05, 0) is 19.4 Å². The lowest BCUT2D eigenvalue weighted by Crippen LogP contribution is -2.36. The smallest absolute Gasteiger partial charge is 0.335 e. The van der Waals surface area contributed by atoms with Gasteiger partial charge < -0.3 is 5.32 Å². The first-order valence-corrected chi connectivity index (χ1v) is 4.83. The summed E-state index contributed by atoms with van der Waals surface area (Å²) in [5.41, 5.74) is 3.33. The molecule has 2 amide bonds. The molecule has 0 saturated carbocycles. The van der Waals surface area contributed by atoms with Gasteiger partial charge in [0.25, 0.3) is 0 Å². The average molecular weight is 205 g/mol. The molecule has 0 saturated heterocycles. The molecule has 0 unspecified atom stereocenters. The summed E-state index contributed by atoms with van der Waals surface area (Å²) in [6, 6.07) is 9.38. The maximum atomic E-state index is 11.1. The van der Waals surface area contributed by atoms with Gasteiger partial charge in [-0.3, -0.25) is 0 Å². The number of carbonyl (C=O) groups excluding carboxylic acids is 1. The van der Waals surface area contributed by atoms with Crippen molar-refractivity contribution in [3.8, 4) is 0 Å². The molecule has 0 atom stereocenters. The van der Waals surface area contributed by atoms with Crippen LogP contribution in [0.3, 0.4) is 0 Å². The van der Waals surface area contributed by atoms with Crippen molar-refractivity contribution in [3.63, 3.8) is 0 Å². The fourth-order valence-electron chi connectivity index (χ4n) is 0.999. The molecule has 1 aromatic carbocycles. The van der Waals surface area contributed by atoms with Gasteiger partial charge in [-0.15, -0.1) is 0 Å². The first kappa shape index (κ1) is 11.2. The van der Waals surface area contributed by atoms with Crippen LogP contribution in [0, 0.1) is 0 Å². The third kappa shape index (κ3) is 4.81. The Hall–Kier alpha value is -1.84. The van der Waals surface area contributed by atoms with Gasteiger partial charge in [0, 0.05) is 6.04 Å². The Morgan fingerprint density at radius 3 is 2.60 bits per heavy atom. The van der Waals surface area contributed by atoms with E-state index in [1.807, 2.05) is 44.2 Å². The molecule has 1 rings (SSSR count). The number of nitrogens with one attached hydrogen (secondary N) is 2. The lowest BCUT2D eigenvalue weighted by Gasteiger charge is -2.06. The highest BCUT2D eigenvalue weighted by molar-refractivity contribution is 5.81. The number of hydrogen-bond donors (Lipinski definition) is 2. The SMILES string of the molecule is CC(C)NC(=O)N/N=C\c1ccccc1. The summed E-state index contributed by atoms with van der Waals surface area (Å²) >= 11 is 0. The van der Waals surface area contributed by atoms with E-state index < -0.39 is 0 Å². The van der Waals surface area contributed by atoms with Crippen LogP contribution in [0.5, 0.6) is 0 Å². The zero-order valence-electron chi connectivity index (χ0n) is 8.90. The number of hydrazone groups is 1. The summed E-state index contributed by atoms with van der Waals surface area (Å²) in [6.45, 7) is 3.78. The molecule has 80 valence electrons. The highest BCUT2D eigenvalue weighted by atomic mass is 16.2. The van der Waals surface area contributed by atoms with Crippen molar-refractivity contribution in [2.24, 2.45) is 5.10 Å². The summed E-state index contributed by atoms with van der Waals surface area (Å²) in [7, 11) is 0. The van der Waals surface area contributed by atoms with E-state index in [2.05, 4.69) is 15.8 Å². The van der Waals surface area contributed by atoms with Crippen molar-refractivity contribution in [2.45, 2.75) is 19.9 Å². The van der Waals surface area contributed by atoms with E-state index in [9.17, 15) is 4.79 Å². The molecule has 0 aliphatic rings. The van der Waals surface area contributed by atoms with Gasteiger partial charge in [-0.1, -0.05) is 30.3 Å². The molecular formula is C11H15N3O. The van der Waals surface area contributed by atoms with E-state index in [1.54, 1.807) is 6.21 Å². The molecule has 0 aliphatic carbocycles. The van der Waals surface area contributed by atoms with Gasteiger partial charge in [0.1, 0.15) is 0 Å². The van der Waals surface area contributed by atoms with E-state index in [4.69, 9.17) is 0 Å². The second-order valence-electron chi connectivity index (χ2n) is 3.41. The second-order valence-corrected chi connectivity index (χ2v) is 3.41. The van der Waals surface area contributed by atoms with Gasteiger partial charge in [0.05, 0.1) is 6.21 Å². The molecule has 0 aliphatic heterocycles. The van der Waals surface area contributed by atoms with Gasteiger partial charge >= 0.3 is 6.03 Å². The number of benzene rings is 1. The summed E-state index contributed by atoms with van der Waals surface area (Å²) in [6.07, 6.45) is 1.60. The fraction of sp³-hybridized carbons (Fsp3) is 0.273. The molecule has 0 aromatic heterocycles. The van der Waals surface area contributed by atoms with Crippen LogP contribution >= 0.6 is 0 Å². The zero-order chi connectivity index (χ0) is 11.1. The monoisotopic (exact) mass is 205 g/mol. The molecular weight excluding hydrogens is 190 g/mol. The molecule has 1 aromatic rings. The zero-order valence-corrected chi connectivity index (χ0v) is 8.90. The van der Waals surface area contributed by atoms with Gasteiger partial charge in [0.2, 0.25) is 0 Å². The van der Waals surface area contributed by atoms with E-state index >= 15 is 0 Å². The van der Waals surface area contributed by atoms with E-state index in [1.165, 1.54) is 0 Å². The summed E-state index contributed by atoms with van der Waals surface area (Å²) in [5.74, 6) is 0. The fourth-order valence-corrected chi connectivity index (χ4v) is 0.999. The molecule has 15 heavy (non-hydrogen) atoms. The standard InChI is InChI=1S/C11H15N3O/c1-9(2)13-11(15)14-12-8-10-6-4-3-5-7-10/h3-9H,1-2H3,(H2,13,14,15)/b12-8-. The Balaban J connectivity index is 2.37. The van der Waals surface area contributed by atoms with Crippen LogP contribution in [0.1, 0.15) is 19.4 Å². The quantitative estimate of drug-likeness (QED) is 0.573. The number of nitrogens with zero attached hydrogens (tertiary/aromatic N) is 1. The van der Waals surface area contributed by atoms with E-state index in [0.29, 0.717) is 0 Å².